The van der Waals surface area contributed by atoms with Gasteiger partial charge in [0.1, 0.15) is 0 Å². The van der Waals surface area contributed by atoms with Crippen LogP contribution in [0.25, 0.3) is 0 Å². The van der Waals surface area contributed by atoms with E-state index in [9.17, 15) is 14.4 Å². The van der Waals surface area contributed by atoms with E-state index in [2.05, 4.69) is 5.32 Å². The van der Waals surface area contributed by atoms with Crippen molar-refractivity contribution in [2.24, 2.45) is 0 Å². The molecular weight excluding hydrogens is 326 g/mol. The van der Waals surface area contributed by atoms with E-state index in [-0.39, 0.29) is 18.7 Å². The summed E-state index contributed by atoms with van der Waals surface area (Å²) in [5, 5.41) is 2.74. The van der Waals surface area contributed by atoms with Gasteiger partial charge in [-0.25, -0.2) is 14.4 Å². The van der Waals surface area contributed by atoms with Crippen LogP contribution in [-0.4, -0.2) is 67.3 Å². The van der Waals surface area contributed by atoms with E-state index in [0.29, 0.717) is 44.0 Å². The van der Waals surface area contributed by atoms with Crippen LogP contribution < -0.4 is 5.32 Å². The number of ether oxygens (including phenoxy) is 2. The Morgan fingerprint density at radius 3 is 2.20 bits per heavy atom. The van der Waals surface area contributed by atoms with Gasteiger partial charge in [-0.2, -0.15) is 0 Å². The number of anilines is 1. The highest BCUT2D eigenvalue weighted by molar-refractivity contribution is 6.00. The number of carbonyl (C=O) groups excluding carboxylic acids is 3. The monoisotopic (exact) mass is 349 g/mol. The van der Waals surface area contributed by atoms with Gasteiger partial charge in [-0.1, -0.05) is 12.1 Å². The number of hydrogen-bond donors (Lipinski definition) is 1. The molecule has 1 heterocycles. The molecule has 1 aromatic rings. The maximum Gasteiger partial charge on any atom is 0.409 e. The summed E-state index contributed by atoms with van der Waals surface area (Å²) in [5.74, 6) is -0.481. The van der Waals surface area contributed by atoms with E-state index in [1.807, 2.05) is 0 Å². The number of esters is 1. The lowest BCUT2D eigenvalue weighted by atomic mass is 10.2. The van der Waals surface area contributed by atoms with Crippen molar-refractivity contribution >= 4 is 23.8 Å². The molecule has 3 amide bonds. The third-order valence-corrected chi connectivity index (χ3v) is 3.76. The molecule has 0 unspecified atom stereocenters. The fourth-order valence-corrected chi connectivity index (χ4v) is 2.48. The van der Waals surface area contributed by atoms with Crippen LogP contribution in [0.5, 0.6) is 0 Å². The van der Waals surface area contributed by atoms with Crippen LogP contribution >= 0.6 is 0 Å². The highest BCUT2D eigenvalue weighted by Gasteiger charge is 2.25. The molecule has 8 nitrogen and oxygen atoms in total. The van der Waals surface area contributed by atoms with Crippen molar-refractivity contribution in [1.82, 2.24) is 9.80 Å². The fraction of sp³-hybridized carbons (Fsp3) is 0.471. The van der Waals surface area contributed by atoms with Crippen LogP contribution in [0, 0.1) is 0 Å². The summed E-state index contributed by atoms with van der Waals surface area (Å²) in [6.07, 6.45) is -0.366. The number of urea groups is 1. The Balaban J connectivity index is 1.95. The molecular formula is C17H23N3O5. The minimum Gasteiger partial charge on any atom is -0.462 e. The van der Waals surface area contributed by atoms with Gasteiger partial charge in [-0.15, -0.1) is 0 Å². The second-order valence-electron chi connectivity index (χ2n) is 5.37. The third kappa shape index (κ3) is 4.85. The maximum atomic E-state index is 12.4. The van der Waals surface area contributed by atoms with Gasteiger partial charge >= 0.3 is 18.1 Å². The smallest absolute Gasteiger partial charge is 0.409 e. The Labute approximate surface area is 146 Å². The quantitative estimate of drug-likeness (QED) is 0.842. The Morgan fingerprint density at radius 1 is 0.960 bits per heavy atom. The van der Waals surface area contributed by atoms with Gasteiger partial charge in [-0.3, -0.25) is 0 Å². The molecule has 0 spiro atoms. The first-order chi connectivity index (χ1) is 12.1. The van der Waals surface area contributed by atoms with E-state index in [1.54, 1.807) is 47.9 Å². The zero-order valence-electron chi connectivity index (χ0n) is 14.5. The molecule has 1 aromatic carbocycles. The summed E-state index contributed by atoms with van der Waals surface area (Å²) in [6, 6.07) is 6.38. The van der Waals surface area contributed by atoms with Crippen molar-refractivity contribution in [2.45, 2.75) is 13.8 Å². The molecule has 0 atom stereocenters. The molecule has 1 aliphatic heterocycles. The fourth-order valence-electron chi connectivity index (χ4n) is 2.48. The van der Waals surface area contributed by atoms with Crippen molar-refractivity contribution in [2.75, 3.05) is 44.7 Å². The highest BCUT2D eigenvalue weighted by atomic mass is 16.6. The van der Waals surface area contributed by atoms with Crippen LogP contribution in [0.4, 0.5) is 15.3 Å². The molecule has 1 aliphatic rings. The van der Waals surface area contributed by atoms with E-state index >= 15 is 0 Å². The predicted octanol–water partition coefficient (Wildman–Crippen LogP) is 2.17. The Morgan fingerprint density at radius 2 is 1.56 bits per heavy atom. The van der Waals surface area contributed by atoms with Crippen LogP contribution in [-0.2, 0) is 9.47 Å². The number of para-hydroxylation sites is 1. The Kier molecular flexibility index (Phi) is 6.62. The molecule has 0 aliphatic carbocycles. The van der Waals surface area contributed by atoms with E-state index in [1.165, 1.54) is 0 Å². The van der Waals surface area contributed by atoms with E-state index in [0.717, 1.165) is 0 Å². The lowest BCUT2D eigenvalue weighted by Gasteiger charge is -2.34. The van der Waals surface area contributed by atoms with Crippen molar-refractivity contribution in [1.29, 1.82) is 0 Å². The second kappa shape index (κ2) is 8.91. The highest BCUT2D eigenvalue weighted by Crippen LogP contribution is 2.17. The number of piperazine rings is 1. The summed E-state index contributed by atoms with van der Waals surface area (Å²) in [7, 11) is 0. The molecule has 25 heavy (non-hydrogen) atoms. The average molecular weight is 349 g/mol. The average Bonchev–Trinajstić information content (AvgIpc) is 2.62. The number of amides is 3. The van der Waals surface area contributed by atoms with Crippen molar-refractivity contribution in [3.05, 3.63) is 29.8 Å². The topological polar surface area (TPSA) is 88.2 Å². The molecule has 1 saturated heterocycles. The molecule has 0 aromatic heterocycles. The van der Waals surface area contributed by atoms with Crippen LogP contribution in [0.15, 0.2) is 24.3 Å². The molecule has 8 heteroatoms. The number of hydrogen-bond acceptors (Lipinski definition) is 5. The first-order valence-electron chi connectivity index (χ1n) is 8.30. The van der Waals surface area contributed by atoms with Gasteiger partial charge in [-0.05, 0) is 26.0 Å². The molecule has 2 rings (SSSR count). The Bertz CT molecular complexity index is 626. The van der Waals surface area contributed by atoms with Gasteiger partial charge < -0.3 is 24.6 Å². The zero-order valence-corrected chi connectivity index (χ0v) is 14.5. The lowest BCUT2D eigenvalue weighted by molar-refractivity contribution is 0.0527. The molecule has 1 fully saturated rings. The molecule has 0 saturated carbocycles. The number of nitrogens with one attached hydrogen (secondary N) is 1. The van der Waals surface area contributed by atoms with Gasteiger partial charge in [0.05, 0.1) is 24.5 Å². The summed E-state index contributed by atoms with van der Waals surface area (Å²) in [5.41, 5.74) is 0.710. The normalized spacial score (nSPS) is 14.0. The van der Waals surface area contributed by atoms with Crippen LogP contribution in [0.1, 0.15) is 24.2 Å². The second-order valence-corrected chi connectivity index (χ2v) is 5.37. The van der Waals surface area contributed by atoms with Gasteiger partial charge in [0.25, 0.3) is 0 Å². The summed E-state index contributed by atoms with van der Waals surface area (Å²) in [6.45, 7) is 5.67. The summed E-state index contributed by atoms with van der Waals surface area (Å²) < 4.78 is 9.95. The Hall–Kier alpha value is -2.77. The standard InChI is InChI=1S/C17H23N3O5/c1-3-24-15(21)13-7-5-6-8-14(13)18-16(22)19-9-11-20(12-10-19)17(23)25-4-2/h5-8H,3-4,9-12H2,1-2H3,(H,18,22). The number of rotatable bonds is 4. The molecule has 0 radical (unpaired) electrons. The van der Waals surface area contributed by atoms with Gasteiger partial charge in [0, 0.05) is 26.2 Å². The third-order valence-electron chi connectivity index (χ3n) is 3.76. The summed E-state index contributed by atoms with van der Waals surface area (Å²) in [4.78, 5) is 39.2. The largest absolute Gasteiger partial charge is 0.462 e. The first kappa shape index (κ1) is 18.6. The van der Waals surface area contributed by atoms with Crippen molar-refractivity contribution in [3.8, 4) is 0 Å². The minimum absolute atomic E-state index is 0.261. The van der Waals surface area contributed by atoms with Gasteiger partial charge in [0.2, 0.25) is 0 Å². The lowest BCUT2D eigenvalue weighted by Crippen LogP contribution is -2.51. The van der Waals surface area contributed by atoms with Crippen molar-refractivity contribution < 1.29 is 23.9 Å². The molecule has 0 bridgehead atoms. The summed E-state index contributed by atoms with van der Waals surface area (Å²) >= 11 is 0. The first-order valence-corrected chi connectivity index (χ1v) is 8.30. The van der Waals surface area contributed by atoms with Crippen LogP contribution in [0.2, 0.25) is 0 Å². The number of benzene rings is 1. The van der Waals surface area contributed by atoms with Crippen LogP contribution in [0.3, 0.4) is 0 Å². The SMILES string of the molecule is CCOC(=O)c1ccccc1NC(=O)N1CCN(C(=O)OCC)CC1. The number of nitrogens with zero attached hydrogens (tertiary/aromatic N) is 2. The molecule has 136 valence electrons. The molecule has 1 N–H and O–H groups in total. The van der Waals surface area contributed by atoms with E-state index < -0.39 is 5.97 Å². The van der Waals surface area contributed by atoms with E-state index in [4.69, 9.17) is 9.47 Å². The van der Waals surface area contributed by atoms with Gasteiger partial charge in [0.15, 0.2) is 0 Å². The minimum atomic E-state index is -0.481. The van der Waals surface area contributed by atoms with Crippen molar-refractivity contribution in [3.63, 3.8) is 0 Å². The maximum absolute atomic E-state index is 12.4. The number of carbonyl (C=O) groups is 3. The predicted molar refractivity (Wildman–Crippen MR) is 91.6 cm³/mol. The zero-order chi connectivity index (χ0) is 18.2.